The first-order valence-electron chi connectivity index (χ1n) is 14.2. The fourth-order valence-electron chi connectivity index (χ4n) is 4.77. The van der Waals surface area contributed by atoms with E-state index in [1.165, 1.54) is 25.2 Å². The average Bonchev–Trinajstić information content (AvgIpc) is 3.27. The number of benzene rings is 2. The molecule has 44 heavy (non-hydrogen) atoms. The molecular weight excluding hydrogens is 595 g/mol. The first kappa shape index (κ1) is 32.9. The van der Waals surface area contributed by atoms with Crippen LogP contribution in [-0.2, 0) is 24.1 Å². The molecule has 0 saturated carbocycles. The van der Waals surface area contributed by atoms with Gasteiger partial charge in [0, 0.05) is 25.1 Å². The number of aromatic nitrogens is 2. The average molecular weight is 630 g/mol. The van der Waals surface area contributed by atoms with Gasteiger partial charge < -0.3 is 19.1 Å². The number of carbonyl (C=O) groups is 2. The summed E-state index contributed by atoms with van der Waals surface area (Å²) in [5, 5.41) is 11.5. The summed E-state index contributed by atoms with van der Waals surface area (Å²) in [5.74, 6) is -0.858. The van der Waals surface area contributed by atoms with Gasteiger partial charge in [-0.05, 0) is 61.7 Å². The summed E-state index contributed by atoms with van der Waals surface area (Å²) in [5.41, 5.74) is 2.13. The highest BCUT2D eigenvalue weighted by Crippen LogP contribution is 2.33. The van der Waals surface area contributed by atoms with E-state index in [0.717, 1.165) is 51.9 Å². The van der Waals surface area contributed by atoms with Crippen LogP contribution in [0.3, 0.4) is 0 Å². The maximum absolute atomic E-state index is 13.5. The summed E-state index contributed by atoms with van der Waals surface area (Å²) in [7, 11) is 0. The molecule has 1 amide bonds. The van der Waals surface area contributed by atoms with E-state index >= 15 is 0 Å². The summed E-state index contributed by atoms with van der Waals surface area (Å²) >= 11 is 1.26. The molecule has 12 heteroatoms. The first-order valence-corrected chi connectivity index (χ1v) is 15.0. The lowest BCUT2D eigenvalue weighted by Gasteiger charge is -2.18. The van der Waals surface area contributed by atoms with Crippen LogP contribution in [0.25, 0.3) is 10.2 Å². The second-order valence-electron chi connectivity index (χ2n) is 10.7. The number of fused-ring (bicyclic) bond motifs is 1. The molecule has 0 spiro atoms. The zero-order valence-corrected chi connectivity index (χ0v) is 26.0. The van der Waals surface area contributed by atoms with E-state index in [1.54, 1.807) is 0 Å². The Balaban J connectivity index is 1.76. The van der Waals surface area contributed by atoms with Gasteiger partial charge in [-0.3, -0.25) is 9.59 Å². The largest absolute Gasteiger partial charge is 0.850 e. The molecule has 8 nitrogen and oxygen atoms in total. The predicted octanol–water partition coefficient (Wildman–Crippen LogP) is 5.27. The zero-order valence-electron chi connectivity index (χ0n) is 25.2. The van der Waals surface area contributed by atoms with Crippen molar-refractivity contribution in [2.24, 2.45) is 4.99 Å². The van der Waals surface area contributed by atoms with Crippen LogP contribution < -0.4 is 23.9 Å². The molecule has 0 fully saturated rings. The van der Waals surface area contributed by atoms with Crippen molar-refractivity contribution in [1.29, 1.82) is 0 Å². The third kappa shape index (κ3) is 7.92. The van der Waals surface area contributed by atoms with Crippen LogP contribution in [0.5, 0.6) is 11.5 Å². The van der Waals surface area contributed by atoms with E-state index in [-0.39, 0.29) is 23.9 Å². The van der Waals surface area contributed by atoms with E-state index < -0.39 is 23.8 Å². The molecule has 0 aliphatic heterocycles. The van der Waals surface area contributed by atoms with Crippen LogP contribution in [-0.4, -0.2) is 29.2 Å². The summed E-state index contributed by atoms with van der Waals surface area (Å²) in [4.78, 5) is 29.5. The van der Waals surface area contributed by atoms with Gasteiger partial charge in [0.25, 0.3) is 5.91 Å². The van der Waals surface area contributed by atoms with Crippen molar-refractivity contribution in [3.8, 4) is 11.5 Å². The van der Waals surface area contributed by atoms with Gasteiger partial charge in [0.2, 0.25) is 0 Å². The van der Waals surface area contributed by atoms with Gasteiger partial charge in [-0.2, -0.15) is 22.7 Å². The van der Waals surface area contributed by atoms with Gasteiger partial charge in [-0.15, -0.1) is 0 Å². The Kier molecular flexibility index (Phi) is 10.3. The lowest BCUT2D eigenvalue weighted by atomic mass is 10.1. The third-order valence-corrected chi connectivity index (χ3v) is 7.81. The summed E-state index contributed by atoms with van der Waals surface area (Å²) in [6, 6.07) is 8.41. The van der Waals surface area contributed by atoms with Gasteiger partial charge in [0.1, 0.15) is 17.0 Å². The third-order valence-electron chi connectivity index (χ3n) is 6.76. The SMILES string of the molecule is CCCCn1c(=NC(=O)c2cc(C(F)(F)F)ccc2OC[C@H](C)[O-])sc2cc[n+](Cc3cc(C)c(OC(C)=O)c(C)c3)cc21. The zero-order chi connectivity index (χ0) is 32.2. The predicted molar refractivity (Wildman–Crippen MR) is 158 cm³/mol. The van der Waals surface area contributed by atoms with Crippen molar-refractivity contribution in [1.82, 2.24) is 4.57 Å². The molecular formula is C32H34F3N3O5S. The van der Waals surface area contributed by atoms with Crippen LogP contribution in [0.1, 0.15) is 66.2 Å². The molecule has 0 N–H and O–H groups in total. The van der Waals surface area contributed by atoms with Crippen molar-refractivity contribution in [2.75, 3.05) is 6.61 Å². The minimum atomic E-state index is -4.68. The Hall–Kier alpha value is -4.03. The summed E-state index contributed by atoms with van der Waals surface area (Å²) in [6.07, 6.45) is -0.300. The number of aryl methyl sites for hydroxylation is 3. The second-order valence-corrected chi connectivity index (χ2v) is 11.7. The Morgan fingerprint density at radius 3 is 2.45 bits per heavy atom. The molecule has 0 bridgehead atoms. The van der Waals surface area contributed by atoms with E-state index in [0.29, 0.717) is 29.7 Å². The maximum Gasteiger partial charge on any atom is 0.416 e. The standard InChI is InChI=1S/C32H34F3N3O5S/c1-6-7-11-38-26-17-37(16-23-13-19(2)29(20(3)14-23)43-22(5)40)12-10-28(26)44-31(38)36-30(41)25-15-24(32(33,34)35)8-9-27(25)42-18-21(4)39/h8-10,12-15,17,21H,6-7,11,16,18H2,1-5H3/t21-/m0/s1. The number of nitrogens with zero attached hydrogens (tertiary/aromatic N) is 3. The molecule has 4 rings (SSSR count). The van der Waals surface area contributed by atoms with Crippen LogP contribution >= 0.6 is 11.3 Å². The number of thiazole rings is 1. The van der Waals surface area contributed by atoms with E-state index in [4.69, 9.17) is 9.47 Å². The van der Waals surface area contributed by atoms with Crippen molar-refractivity contribution in [3.05, 3.63) is 81.4 Å². The molecule has 1 atom stereocenters. The fraction of sp³-hybridized carbons (Fsp3) is 0.375. The number of unbranched alkanes of at least 4 members (excludes halogenated alkanes) is 1. The molecule has 4 aromatic rings. The van der Waals surface area contributed by atoms with Gasteiger partial charge >= 0.3 is 12.1 Å². The Labute approximate surface area is 257 Å². The van der Waals surface area contributed by atoms with E-state index in [1.807, 2.05) is 60.5 Å². The molecule has 2 aromatic carbocycles. The Bertz CT molecular complexity index is 1740. The minimum Gasteiger partial charge on any atom is -0.850 e. The highest BCUT2D eigenvalue weighted by Gasteiger charge is 2.32. The lowest BCUT2D eigenvalue weighted by molar-refractivity contribution is -0.687. The maximum atomic E-state index is 13.5. The number of rotatable bonds is 10. The first-order chi connectivity index (χ1) is 20.8. The number of alkyl halides is 3. The number of pyridine rings is 1. The molecule has 0 saturated heterocycles. The topological polar surface area (TPSA) is 96.8 Å². The number of ether oxygens (including phenoxy) is 2. The molecule has 234 valence electrons. The van der Waals surface area contributed by atoms with Crippen molar-refractivity contribution < 1.29 is 41.9 Å². The molecule has 0 aliphatic rings. The van der Waals surface area contributed by atoms with Crippen molar-refractivity contribution in [3.63, 3.8) is 0 Å². The lowest BCUT2D eigenvalue weighted by Crippen LogP contribution is -2.33. The highest BCUT2D eigenvalue weighted by molar-refractivity contribution is 7.16. The number of hydrogen-bond acceptors (Lipinski definition) is 6. The Morgan fingerprint density at radius 2 is 1.84 bits per heavy atom. The number of esters is 1. The summed E-state index contributed by atoms with van der Waals surface area (Å²) in [6.45, 7) is 9.28. The number of carbonyl (C=O) groups excluding carboxylic acids is 2. The van der Waals surface area contributed by atoms with Gasteiger partial charge in [-0.25, -0.2) is 0 Å². The second kappa shape index (κ2) is 13.7. The molecule has 2 heterocycles. The van der Waals surface area contributed by atoms with Crippen LogP contribution in [0, 0.1) is 13.8 Å². The Morgan fingerprint density at radius 1 is 1.14 bits per heavy atom. The smallest absolute Gasteiger partial charge is 0.416 e. The van der Waals surface area contributed by atoms with Gasteiger partial charge in [-0.1, -0.05) is 37.7 Å². The van der Waals surface area contributed by atoms with Crippen LogP contribution in [0.4, 0.5) is 13.2 Å². The monoisotopic (exact) mass is 629 g/mol. The van der Waals surface area contributed by atoms with Crippen molar-refractivity contribution >= 4 is 33.4 Å². The van der Waals surface area contributed by atoms with Crippen molar-refractivity contribution in [2.45, 2.75) is 72.8 Å². The molecule has 2 aromatic heterocycles. The van der Waals surface area contributed by atoms with Crippen LogP contribution in [0.2, 0.25) is 0 Å². The number of halogens is 3. The fourth-order valence-corrected chi connectivity index (χ4v) is 5.79. The van der Waals surface area contributed by atoms with Gasteiger partial charge in [0.15, 0.2) is 23.7 Å². The normalized spacial score (nSPS) is 12.9. The molecule has 0 aliphatic carbocycles. The van der Waals surface area contributed by atoms with E-state index in [9.17, 15) is 27.9 Å². The van der Waals surface area contributed by atoms with Gasteiger partial charge in [0.05, 0.1) is 22.4 Å². The van der Waals surface area contributed by atoms with E-state index in [2.05, 4.69) is 4.99 Å². The quantitative estimate of drug-likeness (QED) is 0.135. The van der Waals surface area contributed by atoms with Crippen LogP contribution in [0.15, 0.2) is 53.8 Å². The number of hydrogen-bond donors (Lipinski definition) is 0. The minimum absolute atomic E-state index is 0.126. The highest BCUT2D eigenvalue weighted by atomic mass is 32.1. The number of amides is 1. The molecule has 0 unspecified atom stereocenters. The molecule has 0 radical (unpaired) electrons. The summed E-state index contributed by atoms with van der Waals surface area (Å²) < 4.78 is 56.0.